The monoisotopic (exact) mass is 258 g/mol. The lowest BCUT2D eigenvalue weighted by Crippen LogP contribution is -2.16. The molecule has 2 rings (SSSR count). The molecule has 17 heavy (non-hydrogen) atoms. The number of fused-ring (bicyclic) bond motifs is 1. The van der Waals surface area contributed by atoms with E-state index in [0.29, 0.717) is 18.5 Å². The standard InChI is InChI=1S/C11H16N2O2.CH3Cl/c12-5-4-10-9(11(14)15)7-8-3-1-2-6-13(8)10;1-2/h7H,1-6,12H2,(H,14,15);1H3. The lowest BCUT2D eigenvalue weighted by atomic mass is 10.1. The Hall–Kier alpha value is -1.00. The fourth-order valence-electron chi connectivity index (χ4n) is 2.30. The van der Waals surface area contributed by atoms with E-state index >= 15 is 0 Å². The van der Waals surface area contributed by atoms with Gasteiger partial charge in [0.2, 0.25) is 0 Å². The molecular formula is C12H19ClN2O2. The highest BCUT2D eigenvalue weighted by atomic mass is 35.5. The molecule has 0 saturated carbocycles. The molecule has 0 unspecified atom stereocenters. The molecule has 4 nitrogen and oxygen atoms in total. The van der Waals surface area contributed by atoms with Crippen molar-refractivity contribution in [1.82, 2.24) is 4.57 Å². The summed E-state index contributed by atoms with van der Waals surface area (Å²) < 4.78 is 2.14. The third-order valence-corrected chi connectivity index (χ3v) is 2.97. The van der Waals surface area contributed by atoms with E-state index in [0.717, 1.165) is 37.2 Å². The van der Waals surface area contributed by atoms with E-state index < -0.39 is 5.97 Å². The highest BCUT2D eigenvalue weighted by Gasteiger charge is 2.20. The second kappa shape index (κ2) is 6.67. The van der Waals surface area contributed by atoms with Crippen molar-refractivity contribution in [1.29, 1.82) is 0 Å². The van der Waals surface area contributed by atoms with Crippen molar-refractivity contribution in [2.24, 2.45) is 5.73 Å². The molecule has 1 aliphatic heterocycles. The van der Waals surface area contributed by atoms with Gasteiger partial charge in [-0.1, -0.05) is 0 Å². The second-order valence-electron chi connectivity index (χ2n) is 3.95. The van der Waals surface area contributed by atoms with Crippen LogP contribution in [-0.4, -0.2) is 28.6 Å². The van der Waals surface area contributed by atoms with Crippen LogP contribution in [0, 0.1) is 0 Å². The van der Waals surface area contributed by atoms with E-state index in [9.17, 15) is 4.79 Å². The molecule has 1 aromatic heterocycles. The number of nitrogens with two attached hydrogens (primary N) is 1. The Morgan fingerprint density at radius 2 is 2.24 bits per heavy atom. The van der Waals surface area contributed by atoms with Crippen molar-refractivity contribution in [3.8, 4) is 0 Å². The molecule has 0 bridgehead atoms. The molecule has 0 aliphatic carbocycles. The molecule has 5 heteroatoms. The van der Waals surface area contributed by atoms with Crippen LogP contribution < -0.4 is 5.73 Å². The van der Waals surface area contributed by atoms with Crippen molar-refractivity contribution in [3.05, 3.63) is 23.0 Å². The van der Waals surface area contributed by atoms with Gasteiger partial charge in [0.1, 0.15) is 0 Å². The molecule has 0 saturated heterocycles. The predicted octanol–water partition coefficient (Wildman–Crippen LogP) is 1.88. The molecule has 0 amide bonds. The van der Waals surface area contributed by atoms with Crippen LogP contribution in [0.1, 0.15) is 34.6 Å². The first-order valence-electron chi connectivity index (χ1n) is 5.76. The fraction of sp³-hybridized carbons (Fsp3) is 0.583. The van der Waals surface area contributed by atoms with Crippen LogP contribution in [0.4, 0.5) is 0 Å². The van der Waals surface area contributed by atoms with E-state index in [-0.39, 0.29) is 0 Å². The smallest absolute Gasteiger partial charge is 0.337 e. The topological polar surface area (TPSA) is 68.2 Å². The highest BCUT2D eigenvalue weighted by molar-refractivity contribution is 6.15. The van der Waals surface area contributed by atoms with Gasteiger partial charge in [0.25, 0.3) is 0 Å². The number of hydrogen-bond donors (Lipinski definition) is 2. The van der Waals surface area contributed by atoms with E-state index in [1.165, 1.54) is 6.38 Å². The van der Waals surface area contributed by atoms with Crippen LogP contribution in [0.2, 0.25) is 0 Å². The number of carbonyl (C=O) groups is 1. The SMILES string of the molecule is CCl.NCCc1c(C(=O)O)cc2n1CCCC2. The van der Waals surface area contributed by atoms with Crippen LogP contribution in [0.3, 0.4) is 0 Å². The Morgan fingerprint density at radius 1 is 1.53 bits per heavy atom. The lowest BCUT2D eigenvalue weighted by molar-refractivity contribution is 0.0695. The lowest BCUT2D eigenvalue weighted by Gasteiger charge is -2.17. The van der Waals surface area contributed by atoms with Crippen molar-refractivity contribution >= 4 is 17.6 Å². The number of carboxylic acid groups (broad SMARTS) is 1. The first kappa shape index (κ1) is 14.1. The minimum Gasteiger partial charge on any atom is -0.478 e. The maximum absolute atomic E-state index is 11.1. The molecule has 0 aromatic carbocycles. The average Bonchev–Trinajstić information content (AvgIpc) is 2.72. The summed E-state index contributed by atoms with van der Waals surface area (Å²) in [6, 6.07) is 1.81. The summed E-state index contributed by atoms with van der Waals surface area (Å²) in [6.45, 7) is 1.45. The zero-order valence-electron chi connectivity index (χ0n) is 10.1. The third kappa shape index (κ3) is 3.01. The van der Waals surface area contributed by atoms with Crippen LogP contribution in [-0.2, 0) is 19.4 Å². The molecule has 2 heterocycles. The Morgan fingerprint density at radius 3 is 2.82 bits per heavy atom. The predicted molar refractivity (Wildman–Crippen MR) is 68.9 cm³/mol. The molecule has 0 spiro atoms. The number of aryl methyl sites for hydroxylation is 1. The molecule has 0 atom stereocenters. The highest BCUT2D eigenvalue weighted by Crippen LogP contribution is 2.23. The number of halogens is 1. The number of alkyl halides is 1. The van der Waals surface area contributed by atoms with Gasteiger partial charge in [-0.25, -0.2) is 4.79 Å². The normalized spacial score (nSPS) is 13.6. The molecule has 3 N–H and O–H groups in total. The van der Waals surface area contributed by atoms with E-state index in [2.05, 4.69) is 16.2 Å². The van der Waals surface area contributed by atoms with Crippen LogP contribution in [0.15, 0.2) is 6.07 Å². The number of carboxylic acids is 1. The second-order valence-corrected chi connectivity index (χ2v) is 3.95. The van der Waals surface area contributed by atoms with Gasteiger partial charge >= 0.3 is 5.97 Å². The summed E-state index contributed by atoms with van der Waals surface area (Å²) in [6.07, 6.45) is 5.41. The minimum absolute atomic E-state index is 0.442. The number of rotatable bonds is 3. The Bertz CT molecular complexity index is 388. The van der Waals surface area contributed by atoms with Gasteiger partial charge in [0.05, 0.1) is 5.56 Å². The first-order valence-corrected chi connectivity index (χ1v) is 6.52. The fourth-order valence-corrected chi connectivity index (χ4v) is 2.30. The average molecular weight is 259 g/mol. The van der Waals surface area contributed by atoms with Gasteiger partial charge in [-0.15, -0.1) is 11.6 Å². The Balaban J connectivity index is 0.000000686. The van der Waals surface area contributed by atoms with Gasteiger partial charge in [0.15, 0.2) is 0 Å². The third-order valence-electron chi connectivity index (χ3n) is 2.97. The quantitative estimate of drug-likeness (QED) is 0.814. The van der Waals surface area contributed by atoms with Gasteiger partial charge in [-0.05, 0) is 31.9 Å². The summed E-state index contributed by atoms with van der Waals surface area (Å²) in [5.41, 5.74) is 8.01. The van der Waals surface area contributed by atoms with E-state index in [1.807, 2.05) is 6.07 Å². The molecule has 1 aliphatic rings. The van der Waals surface area contributed by atoms with Gasteiger partial charge in [-0.2, -0.15) is 0 Å². The molecule has 1 aromatic rings. The van der Waals surface area contributed by atoms with Crippen LogP contribution in [0.5, 0.6) is 0 Å². The zero-order valence-corrected chi connectivity index (χ0v) is 10.8. The van der Waals surface area contributed by atoms with Crippen molar-refractivity contribution in [2.75, 3.05) is 12.9 Å². The molecule has 96 valence electrons. The maximum Gasteiger partial charge on any atom is 0.337 e. The van der Waals surface area contributed by atoms with Crippen LogP contribution >= 0.6 is 11.6 Å². The number of nitrogens with zero attached hydrogens (tertiary/aromatic N) is 1. The molecule has 0 fully saturated rings. The summed E-state index contributed by atoms with van der Waals surface area (Å²) in [5, 5.41) is 9.09. The van der Waals surface area contributed by atoms with Gasteiger partial charge < -0.3 is 15.4 Å². The van der Waals surface area contributed by atoms with Crippen molar-refractivity contribution < 1.29 is 9.90 Å². The number of aromatic carboxylic acids is 1. The maximum atomic E-state index is 11.1. The summed E-state index contributed by atoms with van der Waals surface area (Å²) in [4.78, 5) is 11.1. The van der Waals surface area contributed by atoms with Gasteiger partial charge in [-0.3, -0.25) is 0 Å². The van der Waals surface area contributed by atoms with Crippen molar-refractivity contribution in [2.45, 2.75) is 32.2 Å². The summed E-state index contributed by atoms with van der Waals surface area (Å²) >= 11 is 4.64. The summed E-state index contributed by atoms with van der Waals surface area (Å²) in [7, 11) is 0. The van der Waals surface area contributed by atoms with Gasteiger partial charge in [0, 0.05) is 30.7 Å². The zero-order chi connectivity index (χ0) is 12.8. The number of aromatic nitrogens is 1. The Kier molecular flexibility index (Phi) is 5.51. The first-order chi connectivity index (χ1) is 8.24. The van der Waals surface area contributed by atoms with E-state index in [1.54, 1.807) is 0 Å². The summed E-state index contributed by atoms with van der Waals surface area (Å²) in [5.74, 6) is -0.833. The number of hydrogen-bond acceptors (Lipinski definition) is 2. The minimum atomic E-state index is -0.833. The Labute approximate surface area is 106 Å². The largest absolute Gasteiger partial charge is 0.478 e. The molecule has 0 radical (unpaired) electrons. The van der Waals surface area contributed by atoms with E-state index in [4.69, 9.17) is 10.8 Å². The van der Waals surface area contributed by atoms with Crippen LogP contribution in [0.25, 0.3) is 0 Å². The van der Waals surface area contributed by atoms with Crippen molar-refractivity contribution in [3.63, 3.8) is 0 Å². The molecular weight excluding hydrogens is 240 g/mol.